The minimum atomic E-state index is -2.39. The fraction of sp³-hybridized carbons (Fsp3) is 0.593. The normalized spacial score (nSPS) is 39.8. The van der Waals surface area contributed by atoms with Gasteiger partial charge in [-0.3, -0.25) is 14.4 Å². The highest BCUT2D eigenvalue weighted by Gasteiger charge is 2.61. The largest absolute Gasteiger partial charge is 0.353 e. The van der Waals surface area contributed by atoms with Gasteiger partial charge in [-0.25, -0.2) is 0 Å². The summed E-state index contributed by atoms with van der Waals surface area (Å²) in [6.45, 7) is 2.24. The van der Waals surface area contributed by atoms with Gasteiger partial charge in [0.2, 0.25) is 11.6 Å². The van der Waals surface area contributed by atoms with E-state index in [1.54, 1.807) is 24.3 Å². The molecular formula is C27H30O5. The summed E-state index contributed by atoms with van der Waals surface area (Å²) < 4.78 is 6.14. The van der Waals surface area contributed by atoms with Crippen molar-refractivity contribution in [2.45, 2.75) is 70.2 Å². The number of carbonyl (C=O) groups excluding carboxylic acids is 3. The maximum atomic E-state index is 13.0. The summed E-state index contributed by atoms with van der Waals surface area (Å²) in [4.78, 5) is 37.8. The van der Waals surface area contributed by atoms with Crippen LogP contribution in [-0.2, 0) is 9.53 Å². The van der Waals surface area contributed by atoms with Crippen molar-refractivity contribution >= 4 is 17.3 Å². The second kappa shape index (κ2) is 6.94. The summed E-state index contributed by atoms with van der Waals surface area (Å²) in [6.07, 6.45) is 9.16. The van der Waals surface area contributed by atoms with E-state index in [-0.39, 0.29) is 28.4 Å². The average molecular weight is 435 g/mol. The lowest BCUT2D eigenvalue weighted by atomic mass is 9.52. The fourth-order valence-corrected chi connectivity index (χ4v) is 7.99. The monoisotopic (exact) mass is 434 g/mol. The zero-order valence-electron chi connectivity index (χ0n) is 18.5. The summed E-state index contributed by atoms with van der Waals surface area (Å²) in [5.41, 5.74) is 1.72. The third-order valence-corrected chi connectivity index (χ3v) is 9.56. The maximum absolute atomic E-state index is 13.0. The van der Waals surface area contributed by atoms with Crippen molar-refractivity contribution < 1.29 is 24.2 Å². The van der Waals surface area contributed by atoms with Gasteiger partial charge in [0.05, 0.1) is 6.10 Å². The second-order valence-corrected chi connectivity index (χ2v) is 10.9. The summed E-state index contributed by atoms with van der Waals surface area (Å²) in [6, 6.07) is 6.58. The Labute approximate surface area is 188 Å². The Morgan fingerprint density at radius 2 is 1.62 bits per heavy atom. The van der Waals surface area contributed by atoms with E-state index in [1.807, 2.05) is 6.08 Å². The number of carbonyl (C=O) groups is 3. The molecule has 1 aromatic carbocycles. The van der Waals surface area contributed by atoms with Crippen molar-refractivity contribution in [3.05, 3.63) is 47.0 Å². The molecule has 0 aliphatic heterocycles. The number of fused-ring (bicyclic) bond motifs is 6. The van der Waals surface area contributed by atoms with Gasteiger partial charge in [-0.2, -0.15) is 0 Å². The molecule has 32 heavy (non-hydrogen) atoms. The maximum Gasteiger partial charge on any atom is 0.297 e. The predicted molar refractivity (Wildman–Crippen MR) is 117 cm³/mol. The van der Waals surface area contributed by atoms with E-state index >= 15 is 0 Å². The fourth-order valence-electron chi connectivity index (χ4n) is 7.99. The van der Waals surface area contributed by atoms with E-state index in [4.69, 9.17) is 4.74 Å². The minimum absolute atomic E-state index is 0.155. The molecule has 6 rings (SSSR count). The number of allylic oxidation sites excluding steroid dienone is 1. The molecule has 5 aliphatic rings. The standard InChI is InChI=1S/C27H30O5/c1-26-13-12-18-17-9-7-16(28)14-15(17)6-8-19(18)22(26)10-11-23(26)32-27(31)24(29)20-4-2-3-5-21(20)25(27)30/h2-5,14,17-19,22-23,31H,6-13H2,1H3/t17-,18+,19+,22-,23?,26-/m0/s1. The lowest BCUT2D eigenvalue weighted by molar-refractivity contribution is -0.194. The van der Waals surface area contributed by atoms with Crippen molar-refractivity contribution in [1.82, 2.24) is 0 Å². The number of rotatable bonds is 2. The number of ketones is 3. The molecule has 0 heterocycles. The molecule has 0 spiro atoms. The second-order valence-electron chi connectivity index (χ2n) is 10.9. The Hall–Kier alpha value is -2.11. The van der Waals surface area contributed by atoms with Crippen LogP contribution in [0.2, 0.25) is 0 Å². The Morgan fingerprint density at radius 3 is 2.34 bits per heavy atom. The van der Waals surface area contributed by atoms with Gasteiger partial charge in [0.25, 0.3) is 5.79 Å². The van der Waals surface area contributed by atoms with E-state index in [0.29, 0.717) is 30.1 Å². The van der Waals surface area contributed by atoms with Gasteiger partial charge in [-0.15, -0.1) is 0 Å². The van der Waals surface area contributed by atoms with Crippen LogP contribution in [0.25, 0.3) is 0 Å². The van der Waals surface area contributed by atoms with Crippen molar-refractivity contribution in [3.63, 3.8) is 0 Å². The SMILES string of the molecule is C[C@]12CC[C@H]3[C@@H](CCC4=CC(=O)CC[C@@H]43)[C@@H]1CCC2OC1(O)C(=O)c2ccccc2C1=O. The molecule has 5 heteroatoms. The molecule has 0 aromatic heterocycles. The minimum Gasteiger partial charge on any atom is -0.353 e. The zero-order valence-corrected chi connectivity index (χ0v) is 18.5. The Bertz CT molecular complexity index is 1020. The van der Waals surface area contributed by atoms with Crippen LogP contribution >= 0.6 is 0 Å². The van der Waals surface area contributed by atoms with Crippen molar-refractivity contribution in [2.75, 3.05) is 0 Å². The number of benzene rings is 1. The Morgan fingerprint density at radius 1 is 0.906 bits per heavy atom. The highest BCUT2D eigenvalue weighted by atomic mass is 16.6. The first kappa shape index (κ1) is 20.5. The molecule has 0 bridgehead atoms. The number of ether oxygens (including phenoxy) is 1. The Kier molecular flexibility index (Phi) is 4.45. The third-order valence-electron chi connectivity index (χ3n) is 9.56. The van der Waals surface area contributed by atoms with E-state index in [2.05, 4.69) is 6.92 Å². The quantitative estimate of drug-likeness (QED) is 0.555. The van der Waals surface area contributed by atoms with Gasteiger partial charge in [-0.05, 0) is 80.1 Å². The molecule has 5 aliphatic carbocycles. The van der Waals surface area contributed by atoms with Crippen LogP contribution in [0.3, 0.4) is 0 Å². The van der Waals surface area contributed by atoms with E-state index in [0.717, 1.165) is 44.9 Å². The molecule has 0 radical (unpaired) electrons. The zero-order chi connectivity index (χ0) is 22.3. The Balaban J connectivity index is 1.25. The van der Waals surface area contributed by atoms with Crippen LogP contribution in [0.1, 0.15) is 79.0 Å². The molecule has 0 amide bonds. The van der Waals surface area contributed by atoms with Crippen LogP contribution in [0.15, 0.2) is 35.9 Å². The number of aliphatic hydroxyl groups is 1. The van der Waals surface area contributed by atoms with Gasteiger partial charge in [0, 0.05) is 17.5 Å². The first-order valence-electron chi connectivity index (χ1n) is 12.1. The van der Waals surface area contributed by atoms with Crippen molar-refractivity contribution in [1.29, 1.82) is 0 Å². The number of hydrogen-bond acceptors (Lipinski definition) is 5. The lowest BCUT2D eigenvalue weighted by Gasteiger charge is -2.54. The van der Waals surface area contributed by atoms with Crippen molar-refractivity contribution in [3.8, 4) is 0 Å². The van der Waals surface area contributed by atoms with Crippen molar-refractivity contribution in [2.24, 2.45) is 29.1 Å². The third kappa shape index (κ3) is 2.67. The van der Waals surface area contributed by atoms with Crippen LogP contribution in [0.5, 0.6) is 0 Å². The molecule has 1 aromatic rings. The van der Waals surface area contributed by atoms with E-state index in [1.165, 1.54) is 5.57 Å². The van der Waals surface area contributed by atoms with Crippen LogP contribution in [0, 0.1) is 29.1 Å². The smallest absolute Gasteiger partial charge is 0.297 e. The van der Waals surface area contributed by atoms with Crippen LogP contribution < -0.4 is 0 Å². The van der Waals surface area contributed by atoms with Gasteiger partial charge >= 0.3 is 0 Å². The summed E-state index contributed by atoms with van der Waals surface area (Å²) in [5.74, 6) is -1.17. The first-order chi connectivity index (χ1) is 15.3. The molecular weight excluding hydrogens is 404 g/mol. The van der Waals surface area contributed by atoms with E-state index < -0.39 is 17.4 Å². The summed E-state index contributed by atoms with van der Waals surface area (Å²) >= 11 is 0. The van der Waals surface area contributed by atoms with Gasteiger partial charge in [0.1, 0.15) is 0 Å². The van der Waals surface area contributed by atoms with Crippen LogP contribution in [-0.4, -0.2) is 34.3 Å². The number of Topliss-reactive ketones (excluding diaryl/α,β-unsaturated/α-hetero) is 2. The number of hydrogen-bond donors (Lipinski definition) is 1. The summed E-state index contributed by atoms with van der Waals surface area (Å²) in [5, 5.41) is 11.2. The molecule has 6 atom stereocenters. The predicted octanol–water partition coefficient (Wildman–Crippen LogP) is 4.28. The highest BCUT2D eigenvalue weighted by molar-refractivity contribution is 6.30. The highest BCUT2D eigenvalue weighted by Crippen LogP contribution is 2.62. The van der Waals surface area contributed by atoms with Crippen LogP contribution in [0.4, 0.5) is 0 Å². The summed E-state index contributed by atoms with van der Waals surface area (Å²) in [7, 11) is 0. The molecule has 0 saturated heterocycles. The molecule has 1 unspecified atom stereocenters. The lowest BCUT2D eigenvalue weighted by Crippen LogP contribution is -2.53. The molecule has 1 N–H and O–H groups in total. The van der Waals surface area contributed by atoms with Gasteiger partial charge in [0.15, 0.2) is 5.78 Å². The molecule has 3 fully saturated rings. The van der Waals surface area contributed by atoms with Gasteiger partial charge in [-0.1, -0.05) is 36.8 Å². The topological polar surface area (TPSA) is 80.7 Å². The molecule has 5 nitrogen and oxygen atoms in total. The van der Waals surface area contributed by atoms with E-state index in [9.17, 15) is 19.5 Å². The average Bonchev–Trinajstić information content (AvgIpc) is 3.21. The first-order valence-corrected chi connectivity index (χ1v) is 12.1. The molecule has 168 valence electrons. The van der Waals surface area contributed by atoms with Gasteiger partial charge < -0.3 is 9.84 Å². The molecule has 3 saturated carbocycles.